The van der Waals surface area contributed by atoms with Crippen molar-refractivity contribution < 1.29 is 31.6 Å². The summed E-state index contributed by atoms with van der Waals surface area (Å²) in [4.78, 5) is 0. The number of fused-ring (bicyclic) bond motifs is 4. The van der Waals surface area contributed by atoms with E-state index in [0.29, 0.717) is 5.75 Å². The lowest BCUT2D eigenvalue weighted by Crippen LogP contribution is -2.37. The number of benzene rings is 2. The lowest BCUT2D eigenvalue weighted by atomic mass is 9.83. The van der Waals surface area contributed by atoms with Gasteiger partial charge in [0.15, 0.2) is 30.4 Å². The van der Waals surface area contributed by atoms with Gasteiger partial charge in [-0.05, 0) is 18.6 Å². The highest BCUT2D eigenvalue weighted by Crippen LogP contribution is 2.52. The summed E-state index contributed by atoms with van der Waals surface area (Å²) in [5, 5.41) is 0. The smallest absolute Gasteiger partial charge is 0.271 e. The SMILES string of the molecule is CCCCCCCCCCCCCCCC[n+]1ccc2c(c1)Oc1ccccc1/C2=C1\c2ccccc2Oc2c[n+](CCS(=O)(=O)O)ccc21. The zero-order chi connectivity index (χ0) is 34.8. The van der Waals surface area contributed by atoms with E-state index in [-0.39, 0.29) is 12.3 Å². The second-order valence-corrected chi connectivity index (χ2v) is 15.3. The van der Waals surface area contributed by atoms with Crippen molar-refractivity contribution in [2.24, 2.45) is 0 Å². The number of hydrogen-bond donors (Lipinski definition) is 1. The van der Waals surface area contributed by atoms with Gasteiger partial charge in [0.05, 0.1) is 0 Å². The predicted octanol–water partition coefficient (Wildman–Crippen LogP) is 9.85. The molecule has 0 fully saturated rings. The second-order valence-electron chi connectivity index (χ2n) is 13.7. The minimum Gasteiger partial charge on any atom is -0.450 e. The van der Waals surface area contributed by atoms with Crippen molar-refractivity contribution in [3.63, 3.8) is 0 Å². The number of unbranched alkanes of at least 4 members (excludes halogenated alkanes) is 13. The van der Waals surface area contributed by atoms with Gasteiger partial charge in [-0.1, -0.05) is 120 Å². The van der Waals surface area contributed by atoms with Crippen LogP contribution in [0.3, 0.4) is 0 Å². The molecule has 0 bridgehead atoms. The molecular weight excluding hydrogens is 645 g/mol. The standard InChI is InChI=1S/C42H51N2O5S/c1-2-3-4-5-6-7-8-9-10-11-12-13-14-19-26-43-27-24-35-39(31-43)48-37-22-17-15-20-33(37)41(35)42-34-21-16-18-23-38(34)49-40-32-44(28-25-36(40)42)29-30-50(45,46)47/h15-18,20-25,27-28,31-32H,2-14,19,26,29-30H2,1H3/q+1/p+1/b42-41-. The Hall–Kier alpha value is -4.01. The molecule has 1 N–H and O–H groups in total. The van der Waals surface area contributed by atoms with Crippen molar-refractivity contribution in [2.45, 2.75) is 110 Å². The van der Waals surface area contributed by atoms with Crippen molar-refractivity contribution in [3.05, 3.63) is 108 Å². The molecule has 7 nitrogen and oxygen atoms in total. The molecule has 0 amide bonds. The quantitative estimate of drug-likeness (QED) is 0.0550. The van der Waals surface area contributed by atoms with E-state index in [2.05, 4.69) is 42.1 Å². The largest absolute Gasteiger partial charge is 0.450 e. The van der Waals surface area contributed by atoms with E-state index in [1.807, 2.05) is 48.7 Å². The van der Waals surface area contributed by atoms with Crippen LogP contribution in [-0.4, -0.2) is 18.7 Å². The molecular formula is C42H52N2O5S+2. The van der Waals surface area contributed by atoms with Crippen LogP contribution in [0.2, 0.25) is 0 Å². The van der Waals surface area contributed by atoms with Crippen molar-refractivity contribution >= 4 is 21.3 Å². The van der Waals surface area contributed by atoms with Crippen LogP contribution in [-0.2, 0) is 23.2 Å². The number of aromatic nitrogens is 2. The number of aryl methyl sites for hydroxylation is 2. The van der Waals surface area contributed by atoms with Crippen LogP contribution >= 0.6 is 0 Å². The Morgan fingerprint density at radius 1 is 0.520 bits per heavy atom. The molecule has 0 atom stereocenters. The number of pyridine rings is 2. The Bertz CT molecular complexity index is 1900. The summed E-state index contributed by atoms with van der Waals surface area (Å²) in [6.45, 7) is 3.34. The molecule has 2 aliphatic heterocycles. The lowest BCUT2D eigenvalue weighted by molar-refractivity contribution is -0.697. The van der Waals surface area contributed by atoms with Crippen molar-refractivity contribution in [1.29, 1.82) is 0 Å². The van der Waals surface area contributed by atoms with Crippen LogP contribution in [0.4, 0.5) is 0 Å². The van der Waals surface area contributed by atoms with Gasteiger partial charge in [0.25, 0.3) is 10.1 Å². The fraction of sp³-hybridized carbons (Fsp3) is 0.429. The third-order valence-electron chi connectivity index (χ3n) is 9.88. The van der Waals surface area contributed by atoms with E-state index < -0.39 is 10.1 Å². The van der Waals surface area contributed by atoms with Crippen molar-refractivity contribution in [3.8, 4) is 23.0 Å². The third kappa shape index (κ3) is 9.20. The Morgan fingerprint density at radius 3 is 1.38 bits per heavy atom. The summed E-state index contributed by atoms with van der Waals surface area (Å²) < 4.78 is 49.1. The molecule has 50 heavy (non-hydrogen) atoms. The molecule has 0 saturated heterocycles. The van der Waals surface area contributed by atoms with Crippen molar-refractivity contribution in [1.82, 2.24) is 0 Å². The van der Waals surface area contributed by atoms with Crippen LogP contribution < -0.4 is 18.6 Å². The summed E-state index contributed by atoms with van der Waals surface area (Å²) >= 11 is 0. The number of hydrogen-bond acceptors (Lipinski definition) is 4. The van der Waals surface area contributed by atoms with Crippen LogP contribution in [0, 0.1) is 0 Å². The van der Waals surface area contributed by atoms with E-state index in [0.717, 1.165) is 63.6 Å². The maximum absolute atomic E-state index is 11.4. The lowest BCUT2D eigenvalue weighted by Gasteiger charge is -2.28. The molecule has 4 heterocycles. The number of ether oxygens (including phenoxy) is 2. The van der Waals surface area contributed by atoms with E-state index >= 15 is 0 Å². The first kappa shape index (κ1) is 35.8. The van der Waals surface area contributed by atoms with Gasteiger partial charge in [-0.15, -0.1) is 0 Å². The van der Waals surface area contributed by atoms with Gasteiger partial charge in [0, 0.05) is 52.0 Å². The second kappa shape index (κ2) is 17.3. The minimum atomic E-state index is -4.10. The van der Waals surface area contributed by atoms with Crippen LogP contribution in [0.25, 0.3) is 11.1 Å². The van der Waals surface area contributed by atoms with E-state index in [4.69, 9.17) is 9.47 Å². The molecule has 0 unspecified atom stereocenters. The monoisotopic (exact) mass is 696 g/mol. The Labute approximate surface area is 298 Å². The highest BCUT2D eigenvalue weighted by Gasteiger charge is 2.33. The summed E-state index contributed by atoms with van der Waals surface area (Å²) in [6, 6.07) is 20.3. The zero-order valence-electron chi connectivity index (χ0n) is 29.5. The molecule has 0 aliphatic carbocycles. The first-order chi connectivity index (χ1) is 24.4. The van der Waals surface area contributed by atoms with Gasteiger partial charge in [-0.3, -0.25) is 4.55 Å². The molecule has 2 aliphatic rings. The third-order valence-corrected chi connectivity index (χ3v) is 10.6. The Kier molecular flexibility index (Phi) is 12.4. The minimum absolute atomic E-state index is 0.113. The molecule has 6 rings (SSSR count). The Morgan fingerprint density at radius 2 is 0.920 bits per heavy atom. The first-order valence-electron chi connectivity index (χ1n) is 18.7. The summed E-state index contributed by atoms with van der Waals surface area (Å²) in [5.41, 5.74) is 6.01. The summed E-state index contributed by atoms with van der Waals surface area (Å²) in [5.74, 6) is 2.60. The fourth-order valence-electron chi connectivity index (χ4n) is 7.18. The van der Waals surface area contributed by atoms with Gasteiger partial charge in [0.1, 0.15) is 23.8 Å². The van der Waals surface area contributed by atoms with Gasteiger partial charge >= 0.3 is 0 Å². The fourth-order valence-corrected chi connectivity index (χ4v) is 7.63. The van der Waals surface area contributed by atoms with Crippen LogP contribution in [0.15, 0.2) is 85.5 Å². The number of rotatable bonds is 18. The number of para-hydroxylation sites is 2. The van der Waals surface area contributed by atoms with Gasteiger partial charge in [0.2, 0.25) is 12.4 Å². The molecule has 0 saturated carbocycles. The van der Waals surface area contributed by atoms with E-state index in [1.165, 1.54) is 83.5 Å². The van der Waals surface area contributed by atoms with Crippen molar-refractivity contribution in [2.75, 3.05) is 5.75 Å². The molecule has 2 aromatic heterocycles. The summed E-state index contributed by atoms with van der Waals surface area (Å²) in [6.07, 6.45) is 26.8. The van der Waals surface area contributed by atoms with E-state index in [9.17, 15) is 13.0 Å². The molecule has 0 spiro atoms. The molecule has 0 radical (unpaired) electrons. The average molecular weight is 697 g/mol. The normalized spacial score (nSPS) is 14.6. The zero-order valence-corrected chi connectivity index (χ0v) is 30.3. The molecule has 2 aromatic carbocycles. The Balaban J connectivity index is 1.16. The van der Waals surface area contributed by atoms with Gasteiger partial charge < -0.3 is 9.47 Å². The van der Waals surface area contributed by atoms with Crippen LogP contribution in [0.1, 0.15) is 119 Å². The van der Waals surface area contributed by atoms with Gasteiger partial charge in [-0.25, -0.2) is 9.13 Å². The predicted molar refractivity (Wildman–Crippen MR) is 198 cm³/mol. The molecule has 264 valence electrons. The molecule has 8 heteroatoms. The summed E-state index contributed by atoms with van der Waals surface area (Å²) in [7, 11) is -4.10. The highest BCUT2D eigenvalue weighted by atomic mass is 32.2. The molecule has 4 aromatic rings. The number of nitrogens with zero attached hydrogens (tertiary/aromatic N) is 2. The van der Waals surface area contributed by atoms with E-state index in [1.54, 1.807) is 10.8 Å². The average Bonchev–Trinajstić information content (AvgIpc) is 3.12. The maximum Gasteiger partial charge on any atom is 0.271 e. The highest BCUT2D eigenvalue weighted by molar-refractivity contribution is 7.85. The van der Waals surface area contributed by atoms with Gasteiger partial charge in [-0.2, -0.15) is 8.42 Å². The maximum atomic E-state index is 11.4. The topological polar surface area (TPSA) is 80.6 Å². The van der Waals surface area contributed by atoms with Crippen LogP contribution in [0.5, 0.6) is 23.0 Å². The first-order valence-corrected chi connectivity index (χ1v) is 20.3.